The molecule has 0 fully saturated rings. The second-order valence-electron chi connectivity index (χ2n) is 2.51. The molecular weight excluding hydrogens is 167 g/mol. The summed E-state index contributed by atoms with van der Waals surface area (Å²) in [4.78, 5) is 0. The molecule has 13 heavy (non-hydrogen) atoms. The summed E-state index contributed by atoms with van der Waals surface area (Å²) in [5.74, 6) is -0.220. The highest BCUT2D eigenvalue weighted by Gasteiger charge is 2.00. The van der Waals surface area contributed by atoms with E-state index >= 15 is 0 Å². The van der Waals surface area contributed by atoms with Gasteiger partial charge in [0.15, 0.2) is 0 Å². The van der Waals surface area contributed by atoms with Crippen molar-refractivity contribution < 1.29 is 4.39 Å². The number of H-pyrrole nitrogens is 1. The van der Waals surface area contributed by atoms with Gasteiger partial charge >= 0.3 is 0 Å². The second-order valence-corrected chi connectivity index (χ2v) is 2.51. The summed E-state index contributed by atoms with van der Waals surface area (Å²) in [5.41, 5.74) is 1.71. The number of nitrogens with one attached hydrogen (secondary N) is 1. The van der Waals surface area contributed by atoms with Crippen LogP contribution in [0.1, 0.15) is 19.5 Å². The maximum Gasteiger partial charge on any atom is 0.124 e. The molecule has 0 spiro atoms. The number of aromatic nitrogens is 2. The third-order valence-corrected chi connectivity index (χ3v) is 1.71. The molecule has 0 unspecified atom stereocenters. The van der Waals surface area contributed by atoms with E-state index in [1.807, 2.05) is 20.8 Å². The molecule has 0 atom stereocenters. The van der Waals surface area contributed by atoms with Gasteiger partial charge in [0.05, 0.1) is 5.52 Å². The van der Waals surface area contributed by atoms with Crippen LogP contribution in [0.5, 0.6) is 0 Å². The quantitative estimate of drug-likeness (QED) is 0.663. The van der Waals surface area contributed by atoms with Crippen molar-refractivity contribution in [2.24, 2.45) is 0 Å². The summed E-state index contributed by atoms with van der Waals surface area (Å²) in [6, 6.07) is 4.55. The van der Waals surface area contributed by atoms with Gasteiger partial charge in [0, 0.05) is 11.1 Å². The Labute approximate surface area is 76.8 Å². The predicted octanol–water partition coefficient (Wildman–Crippen LogP) is 3.04. The van der Waals surface area contributed by atoms with Crippen LogP contribution in [0.2, 0.25) is 0 Å². The lowest BCUT2D eigenvalue weighted by atomic mass is 10.2. The minimum absolute atomic E-state index is 0.220. The molecule has 0 saturated heterocycles. The highest BCUT2D eigenvalue weighted by atomic mass is 19.1. The monoisotopic (exact) mass is 180 g/mol. The predicted molar refractivity (Wildman–Crippen MR) is 52.1 cm³/mol. The van der Waals surface area contributed by atoms with Gasteiger partial charge < -0.3 is 0 Å². The van der Waals surface area contributed by atoms with E-state index in [1.165, 1.54) is 12.1 Å². The van der Waals surface area contributed by atoms with Gasteiger partial charge in [-0.1, -0.05) is 13.8 Å². The van der Waals surface area contributed by atoms with Crippen LogP contribution in [0, 0.1) is 12.7 Å². The Balaban J connectivity index is 0.000000396. The van der Waals surface area contributed by atoms with E-state index in [1.54, 1.807) is 6.07 Å². The molecule has 0 aliphatic heterocycles. The van der Waals surface area contributed by atoms with Gasteiger partial charge in [0.2, 0.25) is 0 Å². The molecule has 0 bridgehead atoms. The van der Waals surface area contributed by atoms with E-state index in [2.05, 4.69) is 10.2 Å². The van der Waals surface area contributed by atoms with Crippen molar-refractivity contribution >= 4 is 10.9 Å². The summed E-state index contributed by atoms with van der Waals surface area (Å²) in [5, 5.41) is 7.61. The summed E-state index contributed by atoms with van der Waals surface area (Å²) < 4.78 is 12.7. The number of aryl methyl sites for hydroxylation is 1. The van der Waals surface area contributed by atoms with Crippen molar-refractivity contribution in [3.05, 3.63) is 29.7 Å². The van der Waals surface area contributed by atoms with Gasteiger partial charge in [-0.25, -0.2) is 4.39 Å². The highest BCUT2D eigenvalue weighted by Crippen LogP contribution is 2.15. The van der Waals surface area contributed by atoms with Gasteiger partial charge in [-0.3, -0.25) is 5.10 Å². The highest BCUT2D eigenvalue weighted by molar-refractivity contribution is 5.80. The first-order valence-corrected chi connectivity index (χ1v) is 4.37. The average Bonchev–Trinajstić information content (AvgIpc) is 2.52. The summed E-state index contributed by atoms with van der Waals surface area (Å²) in [6.45, 7) is 5.87. The number of nitrogens with zero attached hydrogens (tertiary/aromatic N) is 1. The van der Waals surface area contributed by atoms with Gasteiger partial charge in [-0.05, 0) is 25.1 Å². The molecule has 0 aliphatic rings. The standard InChI is InChI=1S/C8H7FN2.C2H6/c1-5-7-4-6(9)2-3-8(7)11-10-5;1-2/h2-4H,1H3,(H,10,11);1-2H3. The maximum atomic E-state index is 12.7. The van der Waals surface area contributed by atoms with Gasteiger partial charge in [-0.2, -0.15) is 5.10 Å². The van der Waals surface area contributed by atoms with E-state index in [0.717, 1.165) is 16.6 Å². The summed E-state index contributed by atoms with van der Waals surface area (Å²) in [7, 11) is 0. The molecule has 0 amide bonds. The van der Waals surface area contributed by atoms with Crippen LogP contribution in [0.3, 0.4) is 0 Å². The molecule has 2 aromatic rings. The van der Waals surface area contributed by atoms with E-state index in [9.17, 15) is 4.39 Å². The van der Waals surface area contributed by atoms with Gasteiger partial charge in [0.1, 0.15) is 5.82 Å². The van der Waals surface area contributed by atoms with Crippen LogP contribution in [0.15, 0.2) is 18.2 Å². The number of halogens is 1. The second kappa shape index (κ2) is 4.03. The fourth-order valence-corrected chi connectivity index (χ4v) is 1.11. The fourth-order valence-electron chi connectivity index (χ4n) is 1.11. The van der Waals surface area contributed by atoms with E-state index in [4.69, 9.17) is 0 Å². The lowest BCUT2D eigenvalue weighted by Crippen LogP contribution is -1.73. The Bertz CT molecular complexity index is 393. The fraction of sp³-hybridized carbons (Fsp3) is 0.300. The van der Waals surface area contributed by atoms with Crippen LogP contribution in [-0.2, 0) is 0 Å². The first kappa shape index (κ1) is 9.71. The van der Waals surface area contributed by atoms with Crippen molar-refractivity contribution in [2.45, 2.75) is 20.8 Å². The summed E-state index contributed by atoms with van der Waals surface area (Å²) in [6.07, 6.45) is 0. The third-order valence-electron chi connectivity index (χ3n) is 1.71. The van der Waals surface area contributed by atoms with E-state index in [0.29, 0.717) is 0 Å². The van der Waals surface area contributed by atoms with Crippen molar-refractivity contribution in [1.82, 2.24) is 10.2 Å². The zero-order valence-corrected chi connectivity index (χ0v) is 8.06. The minimum atomic E-state index is -0.220. The number of benzene rings is 1. The van der Waals surface area contributed by atoms with Crippen molar-refractivity contribution in [2.75, 3.05) is 0 Å². The Morgan fingerprint density at radius 3 is 2.69 bits per heavy atom. The molecule has 0 saturated carbocycles. The number of fused-ring (bicyclic) bond motifs is 1. The lowest BCUT2D eigenvalue weighted by Gasteiger charge is -1.88. The lowest BCUT2D eigenvalue weighted by molar-refractivity contribution is 0.629. The Kier molecular flexibility index (Phi) is 3.01. The largest absolute Gasteiger partial charge is 0.282 e. The first-order chi connectivity index (χ1) is 6.27. The number of hydrogen-bond acceptors (Lipinski definition) is 1. The van der Waals surface area contributed by atoms with Crippen molar-refractivity contribution in [3.63, 3.8) is 0 Å². The smallest absolute Gasteiger partial charge is 0.124 e. The molecule has 1 aromatic carbocycles. The molecule has 1 aromatic heterocycles. The number of hydrogen-bond donors (Lipinski definition) is 1. The normalized spacial score (nSPS) is 9.54. The Morgan fingerprint density at radius 1 is 1.31 bits per heavy atom. The third kappa shape index (κ3) is 1.86. The summed E-state index contributed by atoms with van der Waals surface area (Å²) >= 11 is 0. The minimum Gasteiger partial charge on any atom is -0.282 e. The van der Waals surface area contributed by atoms with E-state index in [-0.39, 0.29) is 5.82 Å². The average molecular weight is 180 g/mol. The molecule has 2 rings (SSSR count). The molecule has 0 radical (unpaired) electrons. The molecular formula is C10H13FN2. The molecule has 0 aliphatic carbocycles. The first-order valence-electron chi connectivity index (χ1n) is 4.37. The van der Waals surface area contributed by atoms with Crippen molar-refractivity contribution in [3.8, 4) is 0 Å². The molecule has 1 N–H and O–H groups in total. The maximum absolute atomic E-state index is 12.7. The van der Waals surface area contributed by atoms with Crippen molar-refractivity contribution in [1.29, 1.82) is 0 Å². The number of rotatable bonds is 0. The van der Waals surface area contributed by atoms with Gasteiger partial charge in [-0.15, -0.1) is 0 Å². The van der Waals surface area contributed by atoms with Crippen LogP contribution in [0.4, 0.5) is 4.39 Å². The van der Waals surface area contributed by atoms with Gasteiger partial charge in [0.25, 0.3) is 0 Å². The molecule has 1 heterocycles. The zero-order valence-electron chi connectivity index (χ0n) is 8.06. The topological polar surface area (TPSA) is 28.7 Å². The Hall–Kier alpha value is -1.38. The van der Waals surface area contributed by atoms with E-state index < -0.39 is 0 Å². The van der Waals surface area contributed by atoms with Crippen LogP contribution >= 0.6 is 0 Å². The molecule has 70 valence electrons. The Morgan fingerprint density at radius 2 is 2.00 bits per heavy atom. The van der Waals surface area contributed by atoms with Crippen LogP contribution in [0.25, 0.3) is 10.9 Å². The SMILES string of the molecule is CC.Cc1[nH]nc2ccc(F)cc12. The number of aromatic amines is 1. The van der Waals surface area contributed by atoms with Crippen LogP contribution < -0.4 is 0 Å². The zero-order chi connectivity index (χ0) is 9.84. The van der Waals surface area contributed by atoms with Crippen LogP contribution in [-0.4, -0.2) is 10.2 Å². The molecule has 3 heteroatoms. The molecule has 2 nitrogen and oxygen atoms in total.